The predicted octanol–water partition coefficient (Wildman–Crippen LogP) is 2.65. The lowest BCUT2D eigenvalue weighted by Gasteiger charge is -2.33. The molecule has 0 N–H and O–H groups in total. The van der Waals surface area contributed by atoms with Crippen LogP contribution in [0.4, 0.5) is 0 Å². The predicted molar refractivity (Wildman–Crippen MR) is 92.8 cm³/mol. The van der Waals surface area contributed by atoms with E-state index in [4.69, 9.17) is 0 Å². The fourth-order valence-electron chi connectivity index (χ4n) is 3.60. The Morgan fingerprint density at radius 2 is 2.17 bits per heavy atom. The standard InChI is InChI=1S/C18H27N5O/c1-14-12-15(2)23(20-14)17-6-4-10-22(13-17)18(24)7-5-9-21-11-8-19-16(21)3/h8,11-12,17H,4-7,9-10,13H2,1-3H3. The average Bonchev–Trinajstić information content (AvgIpc) is 3.12. The molecule has 0 bridgehead atoms. The molecule has 1 amide bonds. The second kappa shape index (κ2) is 7.20. The molecular weight excluding hydrogens is 302 g/mol. The molecule has 130 valence electrons. The molecule has 6 heteroatoms. The number of nitrogens with zero attached hydrogens (tertiary/aromatic N) is 5. The summed E-state index contributed by atoms with van der Waals surface area (Å²) < 4.78 is 4.20. The number of hydrogen-bond acceptors (Lipinski definition) is 3. The zero-order valence-electron chi connectivity index (χ0n) is 14.9. The number of carbonyl (C=O) groups is 1. The molecule has 0 aromatic carbocycles. The summed E-state index contributed by atoms with van der Waals surface area (Å²) in [6, 6.07) is 2.42. The van der Waals surface area contributed by atoms with Crippen molar-refractivity contribution >= 4 is 5.91 Å². The van der Waals surface area contributed by atoms with Gasteiger partial charge in [-0.15, -0.1) is 0 Å². The zero-order valence-corrected chi connectivity index (χ0v) is 14.9. The Bertz CT molecular complexity index is 702. The van der Waals surface area contributed by atoms with E-state index >= 15 is 0 Å². The van der Waals surface area contributed by atoms with E-state index in [1.54, 1.807) is 6.20 Å². The van der Waals surface area contributed by atoms with Crippen molar-refractivity contribution in [3.63, 3.8) is 0 Å². The minimum absolute atomic E-state index is 0.263. The highest BCUT2D eigenvalue weighted by atomic mass is 16.2. The molecule has 1 atom stereocenters. The molecule has 6 nitrogen and oxygen atoms in total. The second-order valence-electron chi connectivity index (χ2n) is 6.78. The molecule has 1 aliphatic heterocycles. The first-order valence-corrected chi connectivity index (χ1v) is 8.83. The molecule has 1 fully saturated rings. The van der Waals surface area contributed by atoms with Crippen molar-refractivity contribution in [1.29, 1.82) is 0 Å². The van der Waals surface area contributed by atoms with Gasteiger partial charge in [0.15, 0.2) is 0 Å². The van der Waals surface area contributed by atoms with Crippen molar-refractivity contribution in [3.05, 3.63) is 35.7 Å². The van der Waals surface area contributed by atoms with Crippen LogP contribution in [-0.2, 0) is 11.3 Å². The van der Waals surface area contributed by atoms with E-state index in [9.17, 15) is 4.79 Å². The fourth-order valence-corrected chi connectivity index (χ4v) is 3.60. The SMILES string of the molecule is Cc1cc(C)n(C2CCCN(C(=O)CCCn3ccnc3C)C2)n1. The summed E-state index contributed by atoms with van der Waals surface area (Å²) in [7, 11) is 0. The number of likely N-dealkylation sites (tertiary alicyclic amines) is 1. The van der Waals surface area contributed by atoms with Crippen molar-refractivity contribution in [3.8, 4) is 0 Å². The molecule has 0 saturated carbocycles. The van der Waals surface area contributed by atoms with Crippen LogP contribution in [-0.4, -0.2) is 43.2 Å². The minimum atomic E-state index is 0.263. The second-order valence-corrected chi connectivity index (χ2v) is 6.78. The van der Waals surface area contributed by atoms with Crippen LogP contribution in [0.25, 0.3) is 0 Å². The van der Waals surface area contributed by atoms with Gasteiger partial charge in [-0.2, -0.15) is 5.10 Å². The van der Waals surface area contributed by atoms with Crippen LogP contribution < -0.4 is 0 Å². The number of hydrogen-bond donors (Lipinski definition) is 0. The van der Waals surface area contributed by atoms with Crippen LogP contribution in [0.2, 0.25) is 0 Å². The summed E-state index contributed by atoms with van der Waals surface area (Å²) in [5, 5.41) is 4.60. The third kappa shape index (κ3) is 3.68. The molecule has 3 heterocycles. The van der Waals surface area contributed by atoms with Crippen molar-refractivity contribution in [2.75, 3.05) is 13.1 Å². The molecule has 0 spiro atoms. The van der Waals surface area contributed by atoms with Gasteiger partial charge in [0.05, 0.1) is 11.7 Å². The largest absolute Gasteiger partial charge is 0.341 e. The third-order valence-electron chi connectivity index (χ3n) is 4.85. The summed E-state index contributed by atoms with van der Waals surface area (Å²) in [6.07, 6.45) is 7.38. The molecular formula is C18H27N5O. The van der Waals surface area contributed by atoms with E-state index < -0.39 is 0 Å². The highest BCUT2D eigenvalue weighted by Crippen LogP contribution is 2.23. The van der Waals surface area contributed by atoms with Crippen LogP contribution >= 0.6 is 0 Å². The Morgan fingerprint density at radius 3 is 2.83 bits per heavy atom. The van der Waals surface area contributed by atoms with Gasteiger partial charge in [0, 0.05) is 44.1 Å². The summed E-state index contributed by atoms with van der Waals surface area (Å²) in [4.78, 5) is 18.8. The van der Waals surface area contributed by atoms with Crippen molar-refractivity contribution in [2.24, 2.45) is 0 Å². The maximum absolute atomic E-state index is 12.5. The first-order valence-electron chi connectivity index (χ1n) is 8.83. The minimum Gasteiger partial charge on any atom is -0.341 e. The summed E-state index contributed by atoms with van der Waals surface area (Å²) in [6.45, 7) is 8.61. The van der Waals surface area contributed by atoms with Gasteiger partial charge in [-0.05, 0) is 46.1 Å². The number of aryl methyl sites for hydroxylation is 4. The smallest absolute Gasteiger partial charge is 0.222 e. The Morgan fingerprint density at radius 1 is 1.33 bits per heavy atom. The van der Waals surface area contributed by atoms with Crippen LogP contribution in [0, 0.1) is 20.8 Å². The van der Waals surface area contributed by atoms with E-state index in [1.807, 2.05) is 24.9 Å². The number of carbonyl (C=O) groups excluding carboxylic acids is 1. The van der Waals surface area contributed by atoms with E-state index in [2.05, 4.69) is 32.3 Å². The van der Waals surface area contributed by atoms with Gasteiger partial charge in [-0.1, -0.05) is 0 Å². The molecule has 0 aliphatic carbocycles. The van der Waals surface area contributed by atoms with Crippen molar-refractivity contribution in [1.82, 2.24) is 24.2 Å². The van der Waals surface area contributed by atoms with Gasteiger partial charge in [0.25, 0.3) is 0 Å². The monoisotopic (exact) mass is 329 g/mol. The topological polar surface area (TPSA) is 56.0 Å². The Labute approximate surface area is 143 Å². The molecule has 0 radical (unpaired) electrons. The molecule has 24 heavy (non-hydrogen) atoms. The normalized spacial score (nSPS) is 18.1. The third-order valence-corrected chi connectivity index (χ3v) is 4.85. The van der Waals surface area contributed by atoms with Crippen molar-refractivity contribution < 1.29 is 4.79 Å². The van der Waals surface area contributed by atoms with E-state index in [0.717, 1.165) is 50.4 Å². The van der Waals surface area contributed by atoms with Gasteiger partial charge >= 0.3 is 0 Å². The van der Waals surface area contributed by atoms with Crippen LogP contribution in [0.1, 0.15) is 48.9 Å². The van der Waals surface area contributed by atoms with Crippen LogP contribution in [0.15, 0.2) is 18.5 Å². The first-order chi connectivity index (χ1) is 11.5. The number of piperidine rings is 1. The highest BCUT2D eigenvalue weighted by Gasteiger charge is 2.25. The quantitative estimate of drug-likeness (QED) is 0.847. The van der Waals surface area contributed by atoms with Gasteiger partial charge in [0.2, 0.25) is 5.91 Å². The van der Waals surface area contributed by atoms with Gasteiger partial charge in [-0.3, -0.25) is 9.48 Å². The molecule has 1 aliphatic rings. The molecule has 2 aromatic heterocycles. The molecule has 3 rings (SSSR count). The fraction of sp³-hybridized carbons (Fsp3) is 0.611. The number of amides is 1. The molecule has 1 unspecified atom stereocenters. The summed E-state index contributed by atoms with van der Waals surface area (Å²) in [5.41, 5.74) is 2.23. The molecule has 2 aromatic rings. The number of rotatable bonds is 5. The lowest BCUT2D eigenvalue weighted by Crippen LogP contribution is -2.41. The van der Waals surface area contributed by atoms with E-state index in [-0.39, 0.29) is 5.91 Å². The van der Waals surface area contributed by atoms with Gasteiger partial charge in [-0.25, -0.2) is 4.98 Å². The maximum Gasteiger partial charge on any atom is 0.222 e. The van der Waals surface area contributed by atoms with Gasteiger partial charge < -0.3 is 9.47 Å². The average molecular weight is 329 g/mol. The summed E-state index contributed by atoms with van der Waals surface area (Å²) in [5.74, 6) is 1.27. The van der Waals surface area contributed by atoms with E-state index in [1.165, 1.54) is 5.69 Å². The van der Waals surface area contributed by atoms with Crippen LogP contribution in [0.5, 0.6) is 0 Å². The van der Waals surface area contributed by atoms with Crippen LogP contribution in [0.3, 0.4) is 0 Å². The Hall–Kier alpha value is -2.11. The zero-order chi connectivity index (χ0) is 17.1. The first kappa shape index (κ1) is 16.7. The maximum atomic E-state index is 12.5. The van der Waals surface area contributed by atoms with Gasteiger partial charge in [0.1, 0.15) is 5.82 Å². The summed E-state index contributed by atoms with van der Waals surface area (Å²) >= 11 is 0. The Kier molecular flexibility index (Phi) is 5.02. The van der Waals surface area contributed by atoms with Crippen molar-refractivity contribution in [2.45, 2.75) is 59.0 Å². The lowest BCUT2D eigenvalue weighted by atomic mass is 10.0. The van der Waals surface area contributed by atoms with E-state index in [0.29, 0.717) is 12.5 Å². The number of aromatic nitrogens is 4. The Balaban J connectivity index is 1.53. The number of imidazole rings is 1. The lowest BCUT2D eigenvalue weighted by molar-refractivity contribution is -0.133. The highest BCUT2D eigenvalue weighted by molar-refractivity contribution is 5.76. The molecule has 1 saturated heterocycles.